The Balaban J connectivity index is 1.62. The van der Waals surface area contributed by atoms with E-state index in [1.54, 1.807) is 116 Å². The highest BCUT2D eigenvalue weighted by Crippen LogP contribution is 2.21. The monoisotopic (exact) mass is 1480 g/mol. The topological polar surface area (TPSA) is 540 Å². The molecule has 0 saturated heterocycles. The van der Waals surface area contributed by atoms with E-state index in [1.807, 2.05) is 0 Å². The van der Waals surface area contributed by atoms with Crippen molar-refractivity contribution in [3.63, 3.8) is 0 Å². The number of carboxylic acid groups (broad SMARTS) is 3. The van der Waals surface area contributed by atoms with Crippen LogP contribution in [0.25, 0.3) is 10.9 Å². The molecule has 21 N–H and O–H groups in total. The van der Waals surface area contributed by atoms with Crippen LogP contribution in [0.15, 0.2) is 85.1 Å². The molecule has 1 heterocycles. The standard InChI is InChI=1S/C73H106N14O19/c1-9-40(6)60(70(102)77-37-57(90)78-55(73(105)106)33-44-24-26-46(89)27-25-44)86-68(100)54(35-59(93)94)81-64(96)50(23-17-18-30-74)79-69(101)56(38-88)84-66(98)53(34-45-36-76-49-22-16-15-21-47(45)49)80-65(97)52(32-43-19-13-12-14-20-43)83-72(104)62(42(8)11-3)87-67(99)51(31-39(4)5)82-71(103)61(41(7)10-2)85-63(95)48(75)28-29-58(91)92/h12-16,19-22,24-27,36,39-42,48,50-56,60-62,76,88-89H,9-11,17-18,23,28-35,37-38,74-75H2,1-8H3,(H,77,102)(H,78,90)(H,79,101)(H,80,97)(H,81,96)(H,82,103)(H,83,104)(H,84,98)(H,85,95)(H,86,100)(H,87,99)(H,91,92)(H,93,94)(H,105,106)/t40-,41-,42-,48-,50-,51-,52-,53-,54-,55-,56-,60-,61-,62-/m0/s1. The summed E-state index contributed by atoms with van der Waals surface area (Å²) in [5.74, 6) is -16.6. The summed E-state index contributed by atoms with van der Waals surface area (Å²) >= 11 is 0. The Morgan fingerprint density at radius 1 is 0.462 bits per heavy atom. The number of aromatic amines is 1. The third-order valence-electron chi connectivity index (χ3n) is 18.2. The minimum absolute atomic E-state index is 0.0640. The second-order valence-electron chi connectivity index (χ2n) is 27.0. The molecule has 0 saturated carbocycles. The largest absolute Gasteiger partial charge is 0.508 e. The van der Waals surface area contributed by atoms with E-state index < -0.39 is 193 Å². The number of aliphatic carboxylic acids is 3. The van der Waals surface area contributed by atoms with Gasteiger partial charge in [-0.1, -0.05) is 135 Å². The molecule has 0 fully saturated rings. The zero-order valence-corrected chi connectivity index (χ0v) is 61.2. The van der Waals surface area contributed by atoms with Crippen LogP contribution in [-0.2, 0) is 86.4 Å². The van der Waals surface area contributed by atoms with Crippen LogP contribution in [0.1, 0.15) is 136 Å². The van der Waals surface area contributed by atoms with Crippen molar-refractivity contribution in [1.82, 2.24) is 63.5 Å². The number of phenolic OH excluding ortho intramolecular Hbond substituents is 1. The summed E-state index contributed by atoms with van der Waals surface area (Å²) in [5, 5.41) is 78.1. The van der Waals surface area contributed by atoms with Crippen molar-refractivity contribution in [1.29, 1.82) is 0 Å². The van der Waals surface area contributed by atoms with E-state index in [1.165, 1.54) is 24.3 Å². The van der Waals surface area contributed by atoms with Crippen LogP contribution in [0.3, 0.4) is 0 Å². The second-order valence-corrected chi connectivity index (χ2v) is 27.0. The molecular formula is C73H106N14O19. The highest BCUT2D eigenvalue weighted by atomic mass is 16.4. The van der Waals surface area contributed by atoms with Gasteiger partial charge in [0.05, 0.1) is 25.6 Å². The predicted octanol–water partition coefficient (Wildman–Crippen LogP) is -0.0773. The molecule has 14 atom stereocenters. The number of rotatable bonds is 47. The van der Waals surface area contributed by atoms with Gasteiger partial charge in [-0.15, -0.1) is 0 Å². The number of aromatic hydroxyl groups is 1. The number of hydrogen-bond acceptors (Lipinski definition) is 18. The summed E-state index contributed by atoms with van der Waals surface area (Å²) in [6.45, 7) is 12.0. The van der Waals surface area contributed by atoms with Crippen molar-refractivity contribution in [2.24, 2.45) is 35.1 Å². The van der Waals surface area contributed by atoms with Gasteiger partial charge in [0.1, 0.15) is 66.2 Å². The van der Waals surface area contributed by atoms with E-state index >= 15 is 4.79 Å². The molecule has 0 spiro atoms. The van der Waals surface area contributed by atoms with E-state index in [4.69, 9.17) is 16.6 Å². The van der Waals surface area contributed by atoms with Gasteiger partial charge in [0, 0.05) is 42.8 Å². The summed E-state index contributed by atoms with van der Waals surface area (Å²) < 4.78 is 0. The molecule has 0 aliphatic carbocycles. The number of unbranched alkanes of at least 4 members (excludes halogenated alkanes) is 1. The van der Waals surface area contributed by atoms with E-state index in [-0.39, 0.29) is 69.6 Å². The van der Waals surface area contributed by atoms with Gasteiger partial charge in [-0.25, -0.2) is 4.79 Å². The summed E-state index contributed by atoms with van der Waals surface area (Å²) in [6, 6.07) is 4.60. The average molecular weight is 1480 g/mol. The number of aliphatic hydroxyl groups is 1. The molecule has 582 valence electrons. The fourth-order valence-electron chi connectivity index (χ4n) is 11.3. The van der Waals surface area contributed by atoms with Gasteiger partial charge >= 0.3 is 17.9 Å². The first-order chi connectivity index (χ1) is 50.2. The Labute approximate surface area is 615 Å². The maximum atomic E-state index is 15.1. The second kappa shape index (κ2) is 44.3. The smallest absolute Gasteiger partial charge is 0.326 e. The number of aromatic nitrogens is 1. The molecule has 33 heteroatoms. The summed E-state index contributed by atoms with van der Waals surface area (Å²) in [6.07, 6.45) is 0.580. The first-order valence-electron chi connectivity index (χ1n) is 35.6. The zero-order chi connectivity index (χ0) is 78.9. The van der Waals surface area contributed by atoms with Crippen LogP contribution in [0.4, 0.5) is 0 Å². The molecule has 3 aromatic carbocycles. The lowest BCUT2D eigenvalue weighted by molar-refractivity contribution is -0.142. The molecule has 11 amide bonds. The molecule has 0 unspecified atom stereocenters. The van der Waals surface area contributed by atoms with Gasteiger partial charge < -0.3 is 100 Å². The summed E-state index contributed by atoms with van der Waals surface area (Å²) in [7, 11) is 0. The minimum atomic E-state index is -1.92. The molecule has 4 rings (SSSR count). The molecule has 106 heavy (non-hydrogen) atoms. The highest BCUT2D eigenvalue weighted by molar-refractivity contribution is 6.00. The number of fused-ring (bicyclic) bond motifs is 1. The number of para-hydroxylation sites is 1. The number of amides is 11. The summed E-state index contributed by atoms with van der Waals surface area (Å²) in [4.78, 5) is 195. The van der Waals surface area contributed by atoms with Gasteiger partial charge in [-0.2, -0.15) is 0 Å². The maximum absolute atomic E-state index is 15.1. The molecular weight excluding hydrogens is 1380 g/mol. The predicted molar refractivity (Wildman–Crippen MR) is 389 cm³/mol. The van der Waals surface area contributed by atoms with Crippen molar-refractivity contribution in [3.8, 4) is 5.75 Å². The van der Waals surface area contributed by atoms with E-state index in [0.717, 1.165) is 0 Å². The van der Waals surface area contributed by atoms with Gasteiger partial charge in [-0.3, -0.25) is 62.3 Å². The maximum Gasteiger partial charge on any atom is 0.326 e. The highest BCUT2D eigenvalue weighted by Gasteiger charge is 2.39. The Kier molecular flexibility index (Phi) is 36.7. The van der Waals surface area contributed by atoms with Crippen molar-refractivity contribution in [3.05, 3.63) is 102 Å². The van der Waals surface area contributed by atoms with Crippen molar-refractivity contribution < 1.29 is 92.7 Å². The van der Waals surface area contributed by atoms with Crippen LogP contribution >= 0.6 is 0 Å². The van der Waals surface area contributed by atoms with Crippen LogP contribution in [0.2, 0.25) is 0 Å². The first kappa shape index (κ1) is 87.9. The number of aliphatic hydroxyl groups excluding tert-OH is 1. The molecule has 33 nitrogen and oxygen atoms in total. The minimum Gasteiger partial charge on any atom is -0.508 e. The fourth-order valence-corrected chi connectivity index (χ4v) is 11.3. The Bertz CT molecular complexity index is 3630. The molecule has 1 aromatic heterocycles. The van der Waals surface area contributed by atoms with Crippen molar-refractivity contribution >= 4 is 93.8 Å². The molecule has 0 aliphatic heterocycles. The molecule has 4 aromatic rings. The third kappa shape index (κ3) is 28.8. The number of phenols is 1. The Morgan fingerprint density at radius 3 is 1.47 bits per heavy atom. The SMILES string of the molecule is CC[C@H](C)[C@H](NC(=O)[C@H](CC(=O)O)NC(=O)[C@H](CCCCN)NC(=O)[C@H](CO)NC(=O)[C@H](Cc1c[nH]c2ccccc12)NC(=O)[C@H](Cc1ccccc1)NC(=O)[C@@H](NC(=O)[C@H](CC(C)C)NC(=O)[C@@H](NC(=O)[C@@H](N)CCC(=O)O)[C@@H](C)CC)[C@@H](C)CC)C(=O)NCC(=O)N[C@@H](Cc1ccc(O)cc1)C(=O)O. The number of carboxylic acids is 3. The van der Waals surface area contributed by atoms with Crippen LogP contribution in [0.5, 0.6) is 5.75 Å². The number of nitrogens with one attached hydrogen (secondary N) is 12. The molecule has 0 aliphatic rings. The first-order valence-corrected chi connectivity index (χ1v) is 35.6. The van der Waals surface area contributed by atoms with Gasteiger partial charge in [0.2, 0.25) is 65.0 Å². The molecule has 0 radical (unpaired) electrons. The van der Waals surface area contributed by atoms with Gasteiger partial charge in [0.15, 0.2) is 0 Å². The Hall–Kier alpha value is -10.5. The number of carbonyl (C=O) groups is 14. The summed E-state index contributed by atoms with van der Waals surface area (Å²) in [5.41, 5.74) is 13.9. The number of benzene rings is 3. The van der Waals surface area contributed by atoms with Crippen LogP contribution in [0, 0.1) is 23.7 Å². The lowest BCUT2D eigenvalue weighted by atomic mass is 9.94. The number of carbonyl (C=O) groups excluding carboxylic acids is 11. The van der Waals surface area contributed by atoms with Gasteiger partial charge in [0.25, 0.3) is 0 Å². The molecule has 0 bridgehead atoms. The van der Waals surface area contributed by atoms with E-state index in [2.05, 4.69) is 63.5 Å². The lowest BCUT2D eigenvalue weighted by Crippen LogP contribution is -2.62. The fraction of sp³-hybridized carbons (Fsp3) is 0.534. The number of hydrogen-bond donors (Lipinski definition) is 19. The number of H-pyrrole nitrogens is 1. The van der Waals surface area contributed by atoms with Gasteiger partial charge in [-0.05, 0) is 97.2 Å². The van der Waals surface area contributed by atoms with E-state index in [9.17, 15) is 82.8 Å². The van der Waals surface area contributed by atoms with Crippen molar-refractivity contribution in [2.45, 2.75) is 205 Å². The van der Waals surface area contributed by atoms with E-state index in [0.29, 0.717) is 46.9 Å². The van der Waals surface area contributed by atoms with Crippen LogP contribution in [-0.4, -0.2) is 200 Å². The lowest BCUT2D eigenvalue weighted by Gasteiger charge is -2.31. The normalized spacial score (nSPS) is 15.2. The van der Waals surface area contributed by atoms with Crippen LogP contribution < -0.4 is 70.0 Å². The third-order valence-corrected chi connectivity index (χ3v) is 18.2. The quantitative estimate of drug-likeness (QED) is 0.0257. The Morgan fingerprint density at radius 2 is 0.925 bits per heavy atom. The zero-order valence-electron chi connectivity index (χ0n) is 61.2. The average Bonchev–Trinajstić information content (AvgIpc) is 1.62. The number of nitrogens with two attached hydrogens (primary N) is 2. The van der Waals surface area contributed by atoms with Crippen molar-refractivity contribution in [2.75, 3.05) is 19.7 Å².